The molecule has 0 saturated heterocycles. The number of amides is 1. The molecule has 0 aromatic carbocycles. The molecule has 1 amide bonds. The van der Waals surface area contributed by atoms with Gasteiger partial charge in [-0.1, -0.05) is 39.5 Å². The number of unbranched alkanes of at least 4 members (excludes halogenated alkanes) is 4. The van der Waals surface area contributed by atoms with E-state index in [1.54, 1.807) is 0 Å². The van der Waals surface area contributed by atoms with Crippen LogP contribution in [0, 0.1) is 5.92 Å². The third kappa shape index (κ3) is 8.45. The van der Waals surface area contributed by atoms with Crippen molar-refractivity contribution in [3.8, 4) is 0 Å². The summed E-state index contributed by atoms with van der Waals surface area (Å²) in [5.41, 5.74) is 5.05. The lowest BCUT2D eigenvalue weighted by molar-refractivity contribution is -0.123. The highest BCUT2D eigenvalue weighted by Crippen LogP contribution is 2.12. The Morgan fingerprint density at radius 2 is 1.69 bits per heavy atom. The van der Waals surface area contributed by atoms with Crippen LogP contribution in [0.15, 0.2) is 0 Å². The van der Waals surface area contributed by atoms with Crippen LogP contribution in [0.1, 0.15) is 65.2 Å². The number of Topliss-reactive ketones (excluding diaryl/α,β-unsaturated/α-hetero) is 1. The fraction of sp³-hybridized carbons (Fsp3) is 0.846. The highest BCUT2D eigenvalue weighted by Gasteiger charge is 2.12. The van der Waals surface area contributed by atoms with Gasteiger partial charge in [-0.25, -0.2) is 0 Å². The van der Waals surface area contributed by atoms with E-state index in [9.17, 15) is 9.59 Å². The van der Waals surface area contributed by atoms with Crippen molar-refractivity contribution >= 4 is 11.7 Å². The van der Waals surface area contributed by atoms with Crippen molar-refractivity contribution in [3.63, 3.8) is 0 Å². The number of carbonyl (C=O) groups excluding carboxylic acids is 2. The van der Waals surface area contributed by atoms with E-state index in [1.165, 1.54) is 19.3 Å². The van der Waals surface area contributed by atoms with Gasteiger partial charge in [0.1, 0.15) is 5.78 Å². The highest BCUT2D eigenvalue weighted by atomic mass is 16.1. The van der Waals surface area contributed by atoms with Crippen molar-refractivity contribution in [2.75, 3.05) is 0 Å². The van der Waals surface area contributed by atoms with Crippen molar-refractivity contribution in [1.82, 2.24) is 0 Å². The van der Waals surface area contributed by atoms with E-state index in [0.717, 1.165) is 12.8 Å². The van der Waals surface area contributed by atoms with E-state index in [4.69, 9.17) is 5.73 Å². The SMILES string of the molecule is CCCCCCCC(=O)C(C)CCC(N)=O. The van der Waals surface area contributed by atoms with Crippen LogP contribution >= 0.6 is 0 Å². The second-order valence-electron chi connectivity index (χ2n) is 4.54. The molecule has 0 spiro atoms. The van der Waals surface area contributed by atoms with Crippen molar-refractivity contribution < 1.29 is 9.59 Å². The van der Waals surface area contributed by atoms with Gasteiger partial charge in [-0.15, -0.1) is 0 Å². The molecular weight excluding hydrogens is 202 g/mol. The number of nitrogens with two attached hydrogens (primary N) is 1. The van der Waals surface area contributed by atoms with Gasteiger partial charge < -0.3 is 5.73 Å². The number of hydrogen-bond donors (Lipinski definition) is 1. The molecule has 0 aliphatic rings. The zero-order valence-electron chi connectivity index (χ0n) is 10.6. The smallest absolute Gasteiger partial charge is 0.217 e. The number of ketones is 1. The fourth-order valence-corrected chi connectivity index (χ4v) is 1.67. The Labute approximate surface area is 98.8 Å². The van der Waals surface area contributed by atoms with Gasteiger partial charge in [-0.3, -0.25) is 9.59 Å². The van der Waals surface area contributed by atoms with Gasteiger partial charge in [0, 0.05) is 18.8 Å². The molecule has 0 bridgehead atoms. The van der Waals surface area contributed by atoms with Crippen LogP contribution < -0.4 is 5.73 Å². The van der Waals surface area contributed by atoms with Crippen LogP contribution in [0.2, 0.25) is 0 Å². The summed E-state index contributed by atoms with van der Waals surface area (Å²) >= 11 is 0. The summed E-state index contributed by atoms with van der Waals surface area (Å²) in [6.07, 6.45) is 7.41. The monoisotopic (exact) mass is 227 g/mol. The van der Waals surface area contributed by atoms with Crippen molar-refractivity contribution in [1.29, 1.82) is 0 Å². The molecule has 1 unspecified atom stereocenters. The summed E-state index contributed by atoms with van der Waals surface area (Å²) in [6, 6.07) is 0. The van der Waals surface area contributed by atoms with E-state index >= 15 is 0 Å². The molecule has 0 heterocycles. The van der Waals surface area contributed by atoms with Gasteiger partial charge in [0.2, 0.25) is 5.91 Å². The zero-order valence-corrected chi connectivity index (χ0v) is 10.6. The number of primary amides is 1. The Kier molecular flexibility index (Phi) is 8.87. The first-order chi connectivity index (χ1) is 7.57. The molecule has 0 aliphatic carbocycles. The molecule has 0 radical (unpaired) electrons. The summed E-state index contributed by atoms with van der Waals surface area (Å²) < 4.78 is 0. The lowest BCUT2D eigenvalue weighted by Crippen LogP contribution is -2.16. The maximum Gasteiger partial charge on any atom is 0.217 e. The minimum absolute atomic E-state index is 0.0151. The van der Waals surface area contributed by atoms with Crippen LogP contribution in [-0.2, 0) is 9.59 Å². The maximum atomic E-state index is 11.6. The van der Waals surface area contributed by atoms with Crippen molar-refractivity contribution in [3.05, 3.63) is 0 Å². The molecular formula is C13H25NO2. The van der Waals surface area contributed by atoms with Crippen LogP contribution in [0.4, 0.5) is 0 Å². The first-order valence-electron chi connectivity index (χ1n) is 6.39. The standard InChI is InChI=1S/C13H25NO2/c1-3-4-5-6-7-8-12(15)11(2)9-10-13(14)16/h11H,3-10H2,1-2H3,(H2,14,16). The minimum Gasteiger partial charge on any atom is -0.370 e. The quantitative estimate of drug-likeness (QED) is 0.583. The lowest BCUT2D eigenvalue weighted by atomic mass is 9.96. The molecule has 0 fully saturated rings. The van der Waals surface area contributed by atoms with Crippen LogP contribution in [0.25, 0.3) is 0 Å². The molecule has 3 nitrogen and oxygen atoms in total. The van der Waals surface area contributed by atoms with E-state index in [0.29, 0.717) is 19.3 Å². The number of rotatable bonds is 10. The average molecular weight is 227 g/mol. The van der Waals surface area contributed by atoms with E-state index < -0.39 is 0 Å². The predicted octanol–water partition coefficient (Wildman–Crippen LogP) is 2.82. The Bertz CT molecular complexity index is 214. The number of carbonyl (C=O) groups is 2. The summed E-state index contributed by atoms with van der Waals surface area (Å²) in [5, 5.41) is 0. The van der Waals surface area contributed by atoms with Crippen LogP contribution in [-0.4, -0.2) is 11.7 Å². The molecule has 0 aromatic heterocycles. The van der Waals surface area contributed by atoms with Gasteiger partial charge in [-0.2, -0.15) is 0 Å². The number of hydrogen-bond acceptors (Lipinski definition) is 2. The maximum absolute atomic E-state index is 11.6. The van der Waals surface area contributed by atoms with E-state index in [1.807, 2.05) is 6.92 Å². The van der Waals surface area contributed by atoms with Gasteiger partial charge in [0.15, 0.2) is 0 Å². The third-order valence-electron chi connectivity index (χ3n) is 2.90. The Morgan fingerprint density at radius 1 is 1.06 bits per heavy atom. The second-order valence-corrected chi connectivity index (χ2v) is 4.54. The molecule has 3 heteroatoms. The van der Waals surface area contributed by atoms with Crippen molar-refractivity contribution in [2.45, 2.75) is 65.2 Å². The Morgan fingerprint density at radius 3 is 2.25 bits per heavy atom. The van der Waals surface area contributed by atoms with Crippen molar-refractivity contribution in [2.24, 2.45) is 11.7 Å². The predicted molar refractivity (Wildman–Crippen MR) is 66.0 cm³/mol. The largest absolute Gasteiger partial charge is 0.370 e. The van der Waals surface area contributed by atoms with Crippen LogP contribution in [0.3, 0.4) is 0 Å². The molecule has 94 valence electrons. The van der Waals surface area contributed by atoms with E-state index in [-0.39, 0.29) is 17.6 Å². The normalized spacial score (nSPS) is 12.4. The van der Waals surface area contributed by atoms with Gasteiger partial charge in [-0.05, 0) is 12.8 Å². The molecule has 2 N–H and O–H groups in total. The van der Waals surface area contributed by atoms with E-state index in [2.05, 4.69) is 6.92 Å². The molecule has 0 aliphatic heterocycles. The molecule has 16 heavy (non-hydrogen) atoms. The molecule has 0 aromatic rings. The topological polar surface area (TPSA) is 60.2 Å². The lowest BCUT2D eigenvalue weighted by Gasteiger charge is -2.08. The highest BCUT2D eigenvalue weighted by molar-refractivity contribution is 5.81. The molecule has 0 rings (SSSR count). The summed E-state index contributed by atoms with van der Waals surface area (Å²) in [5.74, 6) is -0.0565. The zero-order chi connectivity index (χ0) is 12.4. The van der Waals surface area contributed by atoms with Gasteiger partial charge in [0.05, 0.1) is 0 Å². The summed E-state index contributed by atoms with van der Waals surface area (Å²) in [6.45, 7) is 4.06. The Balaban J connectivity index is 3.51. The van der Waals surface area contributed by atoms with Gasteiger partial charge >= 0.3 is 0 Å². The Hall–Kier alpha value is -0.860. The summed E-state index contributed by atoms with van der Waals surface area (Å²) in [7, 11) is 0. The minimum atomic E-state index is -0.317. The van der Waals surface area contributed by atoms with Gasteiger partial charge in [0.25, 0.3) is 0 Å². The first-order valence-corrected chi connectivity index (χ1v) is 6.39. The second kappa shape index (κ2) is 9.37. The van der Waals surface area contributed by atoms with Crippen LogP contribution in [0.5, 0.6) is 0 Å². The third-order valence-corrected chi connectivity index (χ3v) is 2.90. The summed E-state index contributed by atoms with van der Waals surface area (Å²) in [4.78, 5) is 22.2. The molecule has 0 saturated carbocycles. The fourth-order valence-electron chi connectivity index (χ4n) is 1.67. The average Bonchev–Trinajstić information content (AvgIpc) is 2.25. The molecule has 1 atom stereocenters. The first kappa shape index (κ1) is 15.1.